The number of pyridine rings is 1. The molecule has 1 aliphatic heterocycles. The van der Waals surface area contributed by atoms with Gasteiger partial charge in [0.15, 0.2) is 0 Å². The average molecular weight is 396 g/mol. The zero-order valence-electron chi connectivity index (χ0n) is 16.9. The number of carbonyl (C=O) groups is 1. The Morgan fingerprint density at radius 2 is 2.03 bits per heavy atom. The number of amides is 1. The first-order valence-electron chi connectivity index (χ1n) is 10.9. The summed E-state index contributed by atoms with van der Waals surface area (Å²) in [4.78, 5) is 19.7. The van der Waals surface area contributed by atoms with Gasteiger partial charge in [-0.3, -0.25) is 14.7 Å². The van der Waals surface area contributed by atoms with Gasteiger partial charge in [-0.05, 0) is 68.5 Å². The van der Waals surface area contributed by atoms with Gasteiger partial charge in [-0.2, -0.15) is 0 Å². The van der Waals surface area contributed by atoms with Crippen molar-refractivity contribution in [1.82, 2.24) is 15.2 Å². The Bertz CT molecular complexity index is 809. The Balaban J connectivity index is 1.48. The van der Waals surface area contributed by atoms with E-state index in [0.29, 0.717) is 6.04 Å². The Kier molecular flexibility index (Phi) is 6.55. The van der Waals surface area contributed by atoms with Gasteiger partial charge in [-0.15, -0.1) is 0 Å². The van der Waals surface area contributed by atoms with Gasteiger partial charge in [-0.1, -0.05) is 31.0 Å². The lowest BCUT2D eigenvalue weighted by atomic mass is 9.84. The summed E-state index contributed by atoms with van der Waals surface area (Å²) in [5.74, 6) is 0.144. The van der Waals surface area contributed by atoms with Crippen molar-refractivity contribution < 1.29 is 9.18 Å². The second kappa shape index (κ2) is 9.49. The second-order valence-corrected chi connectivity index (χ2v) is 8.43. The molecular weight excluding hydrogens is 365 g/mol. The van der Waals surface area contributed by atoms with Crippen LogP contribution in [0.15, 0.2) is 48.7 Å². The molecule has 4 nitrogen and oxygen atoms in total. The molecule has 1 saturated carbocycles. The molecule has 1 aliphatic carbocycles. The highest BCUT2D eigenvalue weighted by atomic mass is 19.1. The summed E-state index contributed by atoms with van der Waals surface area (Å²) in [6, 6.07) is 13.0. The lowest BCUT2D eigenvalue weighted by Gasteiger charge is -2.38. The molecule has 1 aromatic heterocycles. The predicted octanol–water partition coefficient (Wildman–Crippen LogP) is 4.62. The smallest absolute Gasteiger partial charge is 0.223 e. The van der Waals surface area contributed by atoms with Gasteiger partial charge in [0.05, 0.1) is 11.7 Å². The fourth-order valence-electron chi connectivity index (χ4n) is 4.47. The first kappa shape index (κ1) is 20.0. The van der Waals surface area contributed by atoms with Gasteiger partial charge in [-0.25, -0.2) is 4.39 Å². The van der Waals surface area contributed by atoms with E-state index in [0.717, 1.165) is 62.9 Å². The van der Waals surface area contributed by atoms with E-state index < -0.39 is 0 Å². The van der Waals surface area contributed by atoms with E-state index in [1.807, 2.05) is 24.3 Å². The van der Waals surface area contributed by atoms with Crippen molar-refractivity contribution >= 4 is 5.91 Å². The van der Waals surface area contributed by atoms with Crippen molar-refractivity contribution in [2.45, 2.75) is 63.6 Å². The molecule has 1 saturated heterocycles. The number of carbonyl (C=O) groups excluding carboxylic acids is 1. The number of nitrogens with zero attached hydrogens (tertiary/aromatic N) is 2. The summed E-state index contributed by atoms with van der Waals surface area (Å²) in [5.41, 5.74) is 1.93. The van der Waals surface area contributed by atoms with Crippen LogP contribution in [-0.2, 0) is 11.3 Å². The summed E-state index contributed by atoms with van der Waals surface area (Å²) in [5, 5.41) is 3.29. The number of aromatic nitrogens is 1. The van der Waals surface area contributed by atoms with Gasteiger partial charge in [0, 0.05) is 24.7 Å². The van der Waals surface area contributed by atoms with Crippen LogP contribution in [0.4, 0.5) is 4.39 Å². The Hall–Kier alpha value is -2.27. The van der Waals surface area contributed by atoms with Crippen LogP contribution in [0.3, 0.4) is 0 Å². The maximum atomic E-state index is 13.6. The number of benzene rings is 1. The van der Waals surface area contributed by atoms with E-state index in [-0.39, 0.29) is 23.7 Å². The van der Waals surface area contributed by atoms with Crippen molar-refractivity contribution in [3.8, 4) is 0 Å². The number of likely N-dealkylation sites (tertiary alicyclic amines) is 1. The first-order valence-corrected chi connectivity index (χ1v) is 10.9. The molecule has 2 aromatic rings. The summed E-state index contributed by atoms with van der Waals surface area (Å²) < 4.78 is 13.6. The third-order valence-corrected chi connectivity index (χ3v) is 6.37. The zero-order chi connectivity index (χ0) is 20.1. The normalized spacial score (nSPS) is 21.3. The lowest BCUT2D eigenvalue weighted by molar-refractivity contribution is -0.128. The third kappa shape index (κ3) is 5.21. The number of piperidine rings is 1. The maximum Gasteiger partial charge on any atom is 0.223 e. The van der Waals surface area contributed by atoms with Gasteiger partial charge < -0.3 is 5.32 Å². The summed E-state index contributed by atoms with van der Waals surface area (Å²) in [6.45, 7) is 1.75. The molecule has 2 heterocycles. The molecule has 1 N–H and O–H groups in total. The van der Waals surface area contributed by atoms with Crippen LogP contribution >= 0.6 is 0 Å². The number of halogens is 1. The lowest BCUT2D eigenvalue weighted by Crippen LogP contribution is -2.44. The quantitative estimate of drug-likeness (QED) is 0.744. The number of hydrogen-bond acceptors (Lipinski definition) is 3. The largest absolute Gasteiger partial charge is 0.347 e. The SMILES string of the molecule is O=C(N[C@H](C[C@H]1CCCCN1Cc1cccc(F)c1)c1ccccn1)C1CCC1. The maximum absolute atomic E-state index is 13.6. The molecular formula is C24H30FN3O. The van der Waals surface area contributed by atoms with E-state index in [2.05, 4.69) is 15.2 Å². The molecule has 1 aromatic carbocycles. The minimum Gasteiger partial charge on any atom is -0.347 e. The van der Waals surface area contributed by atoms with Gasteiger partial charge in [0.2, 0.25) is 5.91 Å². The molecule has 2 fully saturated rings. The molecule has 0 spiro atoms. The van der Waals surface area contributed by atoms with Crippen LogP contribution in [-0.4, -0.2) is 28.4 Å². The molecule has 5 heteroatoms. The fraction of sp³-hybridized carbons (Fsp3) is 0.500. The van der Waals surface area contributed by atoms with Crippen LogP contribution in [0, 0.1) is 11.7 Å². The van der Waals surface area contributed by atoms with Gasteiger partial charge in [0.25, 0.3) is 0 Å². The van der Waals surface area contributed by atoms with Crippen LogP contribution in [0.25, 0.3) is 0 Å². The molecule has 2 aliphatic rings. The Morgan fingerprint density at radius 1 is 1.14 bits per heavy atom. The minimum absolute atomic E-state index is 0.0811. The second-order valence-electron chi connectivity index (χ2n) is 8.43. The molecule has 29 heavy (non-hydrogen) atoms. The van der Waals surface area contributed by atoms with E-state index in [9.17, 15) is 9.18 Å². The molecule has 2 atom stereocenters. The summed E-state index contributed by atoms with van der Waals surface area (Å²) >= 11 is 0. The van der Waals surface area contributed by atoms with Crippen molar-refractivity contribution in [1.29, 1.82) is 0 Å². The Morgan fingerprint density at radius 3 is 2.76 bits per heavy atom. The highest BCUT2D eigenvalue weighted by molar-refractivity contribution is 5.79. The van der Waals surface area contributed by atoms with Gasteiger partial charge >= 0.3 is 0 Å². The van der Waals surface area contributed by atoms with Crippen LogP contribution in [0.1, 0.15) is 62.2 Å². The van der Waals surface area contributed by atoms with E-state index >= 15 is 0 Å². The van der Waals surface area contributed by atoms with Crippen LogP contribution < -0.4 is 5.32 Å². The topological polar surface area (TPSA) is 45.2 Å². The van der Waals surface area contributed by atoms with Crippen molar-refractivity contribution in [2.24, 2.45) is 5.92 Å². The Labute approximate surface area is 172 Å². The number of rotatable bonds is 7. The van der Waals surface area contributed by atoms with E-state index in [1.54, 1.807) is 18.3 Å². The summed E-state index contributed by atoms with van der Waals surface area (Å²) in [7, 11) is 0. The number of hydrogen-bond donors (Lipinski definition) is 1. The molecule has 4 rings (SSSR count). The monoisotopic (exact) mass is 395 g/mol. The van der Waals surface area contributed by atoms with Crippen molar-refractivity contribution in [3.05, 3.63) is 65.7 Å². The zero-order valence-corrected chi connectivity index (χ0v) is 16.9. The van der Waals surface area contributed by atoms with E-state index in [1.165, 1.54) is 12.5 Å². The molecule has 154 valence electrons. The molecule has 0 radical (unpaired) electrons. The fourth-order valence-corrected chi connectivity index (χ4v) is 4.47. The van der Waals surface area contributed by atoms with Gasteiger partial charge in [0.1, 0.15) is 5.82 Å². The standard InChI is InChI=1S/C24H30FN3O/c25-20-10-5-7-18(15-20)17-28-14-4-2-11-21(28)16-23(22-12-1-3-13-26-22)27-24(29)19-8-6-9-19/h1,3,5,7,10,12-13,15,19,21,23H,2,4,6,8-9,11,14,16-17H2,(H,27,29)/t21-,23-/m1/s1. The highest BCUT2D eigenvalue weighted by Gasteiger charge is 2.31. The summed E-state index contributed by atoms with van der Waals surface area (Å²) in [6.07, 6.45) is 9.22. The average Bonchev–Trinajstić information content (AvgIpc) is 2.68. The molecule has 1 amide bonds. The third-order valence-electron chi connectivity index (χ3n) is 6.37. The van der Waals surface area contributed by atoms with Crippen molar-refractivity contribution in [3.63, 3.8) is 0 Å². The van der Waals surface area contributed by atoms with Crippen molar-refractivity contribution in [2.75, 3.05) is 6.54 Å². The van der Waals surface area contributed by atoms with E-state index in [4.69, 9.17) is 0 Å². The molecule has 0 bridgehead atoms. The first-order chi connectivity index (χ1) is 14.2. The van der Waals surface area contributed by atoms with Crippen LogP contribution in [0.5, 0.6) is 0 Å². The predicted molar refractivity (Wildman–Crippen MR) is 112 cm³/mol. The van der Waals surface area contributed by atoms with Crippen LogP contribution in [0.2, 0.25) is 0 Å². The number of nitrogens with one attached hydrogen (secondary N) is 1. The molecule has 0 unspecified atom stereocenters. The highest BCUT2D eigenvalue weighted by Crippen LogP contribution is 2.30. The minimum atomic E-state index is -0.185.